The minimum Gasteiger partial charge on any atom is -0.491 e. The topological polar surface area (TPSA) is 61.9 Å². The Balaban J connectivity index is 1.75. The molecule has 31 heavy (non-hydrogen) atoms. The quantitative estimate of drug-likeness (QED) is 0.664. The van der Waals surface area contributed by atoms with Crippen molar-refractivity contribution in [3.05, 3.63) is 51.7 Å². The van der Waals surface area contributed by atoms with Crippen LogP contribution in [-0.2, 0) is 11.2 Å². The number of benzene rings is 1. The van der Waals surface area contributed by atoms with Gasteiger partial charge in [-0.25, -0.2) is 4.79 Å². The fourth-order valence-electron chi connectivity index (χ4n) is 3.86. The number of carbonyl (C=O) groups is 2. The van der Waals surface area contributed by atoms with Crippen LogP contribution in [0.3, 0.4) is 0 Å². The van der Waals surface area contributed by atoms with E-state index in [4.69, 9.17) is 4.74 Å². The molecule has 1 aliphatic heterocycles. The molecule has 1 unspecified atom stereocenters. The molecular formula is C24H33N3O3S. The average Bonchev–Trinajstić information content (AvgIpc) is 3.21. The van der Waals surface area contributed by atoms with E-state index in [0.717, 1.165) is 17.7 Å². The number of urea groups is 1. The Bertz CT molecular complexity index is 878. The van der Waals surface area contributed by atoms with Gasteiger partial charge in [-0.2, -0.15) is 0 Å². The first-order chi connectivity index (χ1) is 14.9. The molecule has 0 aliphatic carbocycles. The van der Waals surface area contributed by atoms with Crippen molar-refractivity contribution in [2.75, 3.05) is 32.8 Å². The molecule has 3 amide bonds. The third-order valence-corrected chi connectivity index (χ3v) is 6.37. The molecule has 3 rings (SSSR count). The van der Waals surface area contributed by atoms with Gasteiger partial charge in [0.05, 0.1) is 6.04 Å². The first-order valence-corrected chi connectivity index (χ1v) is 11.8. The highest BCUT2D eigenvalue weighted by Gasteiger charge is 2.33. The molecule has 1 aliphatic rings. The van der Waals surface area contributed by atoms with Gasteiger partial charge in [0, 0.05) is 24.5 Å². The van der Waals surface area contributed by atoms with E-state index in [1.165, 1.54) is 10.4 Å². The number of thiophene rings is 1. The minimum absolute atomic E-state index is 0.0405. The Hall–Kier alpha value is -2.54. The van der Waals surface area contributed by atoms with Gasteiger partial charge in [-0.15, -0.1) is 11.3 Å². The number of hydrogen-bond acceptors (Lipinski definition) is 4. The maximum Gasteiger partial charge on any atom is 0.317 e. The molecule has 0 saturated heterocycles. The van der Waals surface area contributed by atoms with E-state index >= 15 is 0 Å². The lowest BCUT2D eigenvalue weighted by Crippen LogP contribution is -2.50. The number of ether oxygens (including phenoxy) is 1. The van der Waals surface area contributed by atoms with Gasteiger partial charge < -0.3 is 19.9 Å². The highest BCUT2D eigenvalue weighted by molar-refractivity contribution is 7.10. The highest BCUT2D eigenvalue weighted by atomic mass is 32.1. The first-order valence-electron chi connectivity index (χ1n) is 11.0. The second kappa shape index (κ2) is 10.7. The smallest absolute Gasteiger partial charge is 0.317 e. The Morgan fingerprint density at radius 3 is 2.68 bits per heavy atom. The van der Waals surface area contributed by atoms with Crippen molar-refractivity contribution in [3.8, 4) is 5.75 Å². The average molecular weight is 444 g/mol. The van der Waals surface area contributed by atoms with Crippen LogP contribution in [0, 0.1) is 12.8 Å². The maximum atomic E-state index is 13.3. The van der Waals surface area contributed by atoms with E-state index in [2.05, 4.69) is 16.8 Å². The zero-order valence-electron chi connectivity index (χ0n) is 18.9. The lowest BCUT2D eigenvalue weighted by molar-refractivity contribution is -0.135. The number of nitrogens with zero attached hydrogens (tertiary/aromatic N) is 2. The van der Waals surface area contributed by atoms with Crippen LogP contribution in [0.1, 0.15) is 42.8 Å². The number of amides is 3. The second-order valence-corrected chi connectivity index (χ2v) is 9.39. The molecule has 1 atom stereocenters. The molecule has 0 saturated carbocycles. The Morgan fingerprint density at radius 1 is 1.26 bits per heavy atom. The zero-order valence-corrected chi connectivity index (χ0v) is 19.7. The molecule has 1 aromatic heterocycles. The van der Waals surface area contributed by atoms with Gasteiger partial charge >= 0.3 is 6.03 Å². The fourth-order valence-corrected chi connectivity index (χ4v) is 4.79. The molecule has 6 nitrogen and oxygen atoms in total. The predicted octanol–water partition coefficient (Wildman–Crippen LogP) is 4.25. The van der Waals surface area contributed by atoms with E-state index in [1.54, 1.807) is 16.2 Å². The number of nitrogens with one attached hydrogen (secondary N) is 1. The molecule has 7 heteroatoms. The van der Waals surface area contributed by atoms with Crippen LogP contribution in [0.5, 0.6) is 5.75 Å². The van der Waals surface area contributed by atoms with E-state index in [0.29, 0.717) is 26.2 Å². The lowest BCUT2D eigenvalue weighted by Gasteiger charge is -2.37. The molecule has 0 bridgehead atoms. The van der Waals surface area contributed by atoms with E-state index in [9.17, 15) is 9.59 Å². The minimum atomic E-state index is -0.190. The van der Waals surface area contributed by atoms with Crippen molar-refractivity contribution < 1.29 is 14.3 Å². The molecular weight excluding hydrogens is 410 g/mol. The van der Waals surface area contributed by atoms with Gasteiger partial charge in [-0.3, -0.25) is 4.79 Å². The number of hydrogen-bond donors (Lipinski definition) is 1. The summed E-state index contributed by atoms with van der Waals surface area (Å²) in [6, 6.07) is 9.70. The summed E-state index contributed by atoms with van der Waals surface area (Å²) in [6.07, 6.45) is 0.838. The summed E-state index contributed by atoms with van der Waals surface area (Å²) in [6.45, 7) is 10.2. The largest absolute Gasteiger partial charge is 0.491 e. The predicted molar refractivity (Wildman–Crippen MR) is 125 cm³/mol. The van der Waals surface area contributed by atoms with Crippen molar-refractivity contribution in [2.24, 2.45) is 5.92 Å². The third kappa shape index (κ3) is 6.00. The first kappa shape index (κ1) is 23.1. The van der Waals surface area contributed by atoms with Gasteiger partial charge in [0.2, 0.25) is 5.91 Å². The summed E-state index contributed by atoms with van der Waals surface area (Å²) in [7, 11) is 0. The van der Waals surface area contributed by atoms with Crippen molar-refractivity contribution in [3.63, 3.8) is 0 Å². The maximum absolute atomic E-state index is 13.3. The van der Waals surface area contributed by atoms with Gasteiger partial charge in [-0.1, -0.05) is 31.5 Å². The molecule has 0 radical (unpaired) electrons. The molecule has 0 spiro atoms. The van der Waals surface area contributed by atoms with Crippen LogP contribution in [0.15, 0.2) is 35.7 Å². The fraction of sp³-hybridized carbons (Fsp3) is 0.500. The summed E-state index contributed by atoms with van der Waals surface area (Å²) >= 11 is 1.73. The van der Waals surface area contributed by atoms with E-state index < -0.39 is 0 Å². The number of fused-ring (bicyclic) bond motifs is 1. The third-order valence-electron chi connectivity index (χ3n) is 5.37. The molecule has 2 heterocycles. The zero-order chi connectivity index (χ0) is 22.4. The number of carbonyl (C=O) groups excluding carboxylic acids is 2. The molecule has 0 fully saturated rings. The van der Waals surface area contributed by atoms with Crippen LogP contribution in [0.25, 0.3) is 0 Å². The monoisotopic (exact) mass is 443 g/mol. The van der Waals surface area contributed by atoms with Crippen LogP contribution >= 0.6 is 11.3 Å². The van der Waals surface area contributed by atoms with Crippen LogP contribution in [0.4, 0.5) is 4.79 Å². The summed E-state index contributed by atoms with van der Waals surface area (Å²) in [5, 5.41) is 4.91. The van der Waals surface area contributed by atoms with Gasteiger partial charge in [0.1, 0.15) is 18.9 Å². The summed E-state index contributed by atoms with van der Waals surface area (Å²) < 4.78 is 6.08. The normalized spacial score (nSPS) is 15.5. The second-order valence-electron chi connectivity index (χ2n) is 8.39. The van der Waals surface area contributed by atoms with E-state index in [-0.39, 0.29) is 30.4 Å². The van der Waals surface area contributed by atoms with Crippen molar-refractivity contribution in [1.82, 2.24) is 15.1 Å². The van der Waals surface area contributed by atoms with E-state index in [1.807, 2.05) is 56.9 Å². The summed E-state index contributed by atoms with van der Waals surface area (Å²) in [5.41, 5.74) is 2.34. The standard InChI is InChI=1S/C24H33N3O3S/c1-5-25-24(29)26(14-17(2)3)15-23(28)27-12-10-22-20(11-13-31-22)21(27)16-30-19-8-6-18(4)7-9-19/h6-9,11,13,17,21H,5,10,12,14-16H2,1-4H3,(H,25,29). The SMILES string of the molecule is CCNC(=O)N(CC(=O)N1CCc2sccc2C1COc1ccc(C)cc1)CC(C)C. The van der Waals surface area contributed by atoms with Gasteiger partial charge in [-0.05, 0) is 55.3 Å². The molecule has 168 valence electrons. The Morgan fingerprint density at radius 2 is 2.00 bits per heavy atom. The molecule has 1 N–H and O–H groups in total. The molecule has 2 aromatic rings. The number of rotatable bonds is 8. The summed E-state index contributed by atoms with van der Waals surface area (Å²) in [4.78, 5) is 30.7. The van der Waals surface area contributed by atoms with Crippen LogP contribution in [0.2, 0.25) is 0 Å². The Labute approximate surface area is 189 Å². The van der Waals surface area contributed by atoms with Gasteiger partial charge in [0.15, 0.2) is 0 Å². The highest BCUT2D eigenvalue weighted by Crippen LogP contribution is 2.34. The lowest BCUT2D eigenvalue weighted by atomic mass is 10.0. The van der Waals surface area contributed by atoms with Gasteiger partial charge in [0.25, 0.3) is 0 Å². The molecule has 1 aromatic carbocycles. The number of aryl methyl sites for hydroxylation is 1. The van der Waals surface area contributed by atoms with Crippen molar-refractivity contribution in [1.29, 1.82) is 0 Å². The van der Waals surface area contributed by atoms with Crippen molar-refractivity contribution in [2.45, 2.75) is 40.2 Å². The van der Waals surface area contributed by atoms with Crippen LogP contribution < -0.4 is 10.1 Å². The van der Waals surface area contributed by atoms with Crippen LogP contribution in [-0.4, -0.2) is 54.5 Å². The summed E-state index contributed by atoms with van der Waals surface area (Å²) in [5.74, 6) is 1.03. The van der Waals surface area contributed by atoms with Crippen molar-refractivity contribution >= 4 is 23.3 Å². The Kier molecular flexibility index (Phi) is 7.96.